The largest absolute Gasteiger partial charge is 0.508 e. The predicted molar refractivity (Wildman–Crippen MR) is 148 cm³/mol. The van der Waals surface area contributed by atoms with Crippen LogP contribution in [0.25, 0.3) is 0 Å². The summed E-state index contributed by atoms with van der Waals surface area (Å²) in [6.45, 7) is 13.8. The molecule has 39 heavy (non-hydrogen) atoms. The summed E-state index contributed by atoms with van der Waals surface area (Å²) in [6.07, 6.45) is 6.55. The van der Waals surface area contributed by atoms with Gasteiger partial charge in [0.15, 0.2) is 17.1 Å². The monoisotopic (exact) mass is 545 g/mol. The Bertz CT molecular complexity index is 1010. The Morgan fingerprint density at radius 3 is 2.51 bits per heavy atom. The van der Waals surface area contributed by atoms with Crippen molar-refractivity contribution in [2.45, 2.75) is 117 Å². The molecular formula is C31H47NO7. The number of nitrogens with zero attached hydrogens (tertiary/aromatic N) is 1. The molecule has 3 rings (SSSR count). The summed E-state index contributed by atoms with van der Waals surface area (Å²) in [7, 11) is 0. The van der Waals surface area contributed by atoms with Crippen molar-refractivity contribution in [3.8, 4) is 0 Å². The van der Waals surface area contributed by atoms with Gasteiger partial charge in [0.2, 0.25) is 0 Å². The Labute approximate surface area is 233 Å². The molecule has 1 amide bonds. The molecule has 0 aromatic heterocycles. The molecule has 2 fully saturated rings. The number of esters is 1. The van der Waals surface area contributed by atoms with Crippen molar-refractivity contribution in [2.75, 3.05) is 13.2 Å². The van der Waals surface area contributed by atoms with Gasteiger partial charge in [0.1, 0.15) is 17.6 Å². The summed E-state index contributed by atoms with van der Waals surface area (Å²) in [5.74, 6) is -1.27. The van der Waals surface area contributed by atoms with Crippen LogP contribution in [0.1, 0.15) is 105 Å². The zero-order valence-corrected chi connectivity index (χ0v) is 24.5. The lowest BCUT2D eigenvalue weighted by Crippen LogP contribution is -2.54. The highest BCUT2D eigenvalue weighted by molar-refractivity contribution is 6.24. The molecule has 2 unspecified atom stereocenters. The lowest BCUT2D eigenvalue weighted by atomic mass is 9.78. The van der Waals surface area contributed by atoms with Crippen LogP contribution in [0.3, 0.4) is 0 Å². The SMILES string of the molecule is C=C1CC(C)CC(CCCOC(=O)CC(C)(C)CC(=O)C2=C(O)[C@@]3(C(=O)CC)CO[C@H](CCCC)N3C2=O)C1. The van der Waals surface area contributed by atoms with Gasteiger partial charge < -0.3 is 14.6 Å². The van der Waals surface area contributed by atoms with E-state index in [9.17, 15) is 24.3 Å². The summed E-state index contributed by atoms with van der Waals surface area (Å²) in [5.41, 5.74) is -1.49. The van der Waals surface area contributed by atoms with Crippen LogP contribution in [0.5, 0.6) is 0 Å². The van der Waals surface area contributed by atoms with Crippen LogP contribution in [0, 0.1) is 17.3 Å². The van der Waals surface area contributed by atoms with E-state index in [1.165, 1.54) is 16.9 Å². The number of ketones is 2. The van der Waals surface area contributed by atoms with Gasteiger partial charge in [-0.25, -0.2) is 0 Å². The van der Waals surface area contributed by atoms with Crippen molar-refractivity contribution in [1.29, 1.82) is 0 Å². The number of amides is 1. The topological polar surface area (TPSA) is 110 Å². The van der Waals surface area contributed by atoms with Crippen molar-refractivity contribution < 1.29 is 33.8 Å². The van der Waals surface area contributed by atoms with Crippen LogP contribution in [0.4, 0.5) is 0 Å². The number of ether oxygens (including phenoxy) is 2. The van der Waals surface area contributed by atoms with Crippen LogP contribution in [-0.4, -0.2) is 58.4 Å². The zero-order chi connectivity index (χ0) is 29.0. The van der Waals surface area contributed by atoms with Crippen LogP contribution in [0.2, 0.25) is 0 Å². The first-order chi connectivity index (χ1) is 18.4. The fraction of sp³-hybridized carbons (Fsp3) is 0.742. The van der Waals surface area contributed by atoms with Crippen molar-refractivity contribution in [2.24, 2.45) is 17.3 Å². The summed E-state index contributed by atoms with van der Waals surface area (Å²) < 4.78 is 11.3. The average Bonchev–Trinajstić information content (AvgIpc) is 3.33. The molecule has 2 heterocycles. The maximum Gasteiger partial charge on any atom is 0.306 e. The molecule has 1 saturated heterocycles. The van der Waals surface area contributed by atoms with Crippen LogP contribution < -0.4 is 0 Å². The first-order valence-electron chi connectivity index (χ1n) is 14.6. The number of aliphatic hydroxyl groups is 1. The number of fused-ring (bicyclic) bond motifs is 1. The van der Waals surface area contributed by atoms with E-state index in [0.29, 0.717) is 24.9 Å². The third-order valence-corrected chi connectivity index (χ3v) is 8.34. The second kappa shape index (κ2) is 12.8. The number of aliphatic hydroxyl groups excluding tert-OH is 1. The first-order valence-corrected chi connectivity index (χ1v) is 14.6. The standard InChI is InChI=1S/C31H47NO7/c1-7-9-12-25-32-29(37)27(28(36)31(32,19-39-25)24(34)8-2)23(33)17-30(5,6)18-26(35)38-13-10-11-22-15-20(3)14-21(4)16-22/h21-22,25,36H,3,7-19H2,1-2,4-6H3/t21?,22?,25-,31+/m1/s1. The number of hydrogen-bond donors (Lipinski definition) is 1. The van der Waals surface area contributed by atoms with Crippen molar-refractivity contribution in [1.82, 2.24) is 4.90 Å². The zero-order valence-electron chi connectivity index (χ0n) is 24.5. The van der Waals surface area contributed by atoms with Crippen LogP contribution in [0.15, 0.2) is 23.5 Å². The predicted octanol–water partition coefficient (Wildman–Crippen LogP) is 5.60. The van der Waals surface area contributed by atoms with E-state index in [-0.39, 0.29) is 37.2 Å². The Kier molecular flexibility index (Phi) is 10.2. The quantitative estimate of drug-likeness (QED) is 0.131. The average molecular weight is 546 g/mol. The molecule has 1 N–H and O–H groups in total. The second-order valence-corrected chi connectivity index (χ2v) is 12.6. The number of unbranched alkanes of at least 4 members (excludes halogenated alkanes) is 1. The number of carbonyl (C=O) groups excluding carboxylic acids is 4. The van der Waals surface area contributed by atoms with Crippen molar-refractivity contribution >= 4 is 23.4 Å². The van der Waals surface area contributed by atoms with Gasteiger partial charge in [-0.1, -0.05) is 53.2 Å². The Morgan fingerprint density at radius 2 is 1.87 bits per heavy atom. The van der Waals surface area contributed by atoms with Gasteiger partial charge in [0, 0.05) is 12.8 Å². The molecule has 3 aliphatic rings. The van der Waals surface area contributed by atoms with Gasteiger partial charge in [-0.15, -0.1) is 0 Å². The molecule has 1 aliphatic carbocycles. The third-order valence-electron chi connectivity index (χ3n) is 8.34. The maximum atomic E-state index is 13.4. The highest BCUT2D eigenvalue weighted by atomic mass is 16.5. The molecule has 2 aliphatic heterocycles. The van der Waals surface area contributed by atoms with E-state index in [0.717, 1.165) is 38.5 Å². The third kappa shape index (κ3) is 6.82. The molecule has 1 saturated carbocycles. The number of rotatable bonds is 14. The summed E-state index contributed by atoms with van der Waals surface area (Å²) >= 11 is 0. The highest BCUT2D eigenvalue weighted by Crippen LogP contribution is 2.45. The molecule has 8 nitrogen and oxygen atoms in total. The van der Waals surface area contributed by atoms with Gasteiger partial charge in [-0.05, 0) is 62.2 Å². The molecule has 0 bridgehead atoms. The second-order valence-electron chi connectivity index (χ2n) is 12.6. The summed E-state index contributed by atoms with van der Waals surface area (Å²) in [5, 5.41) is 11.2. The molecule has 0 aromatic carbocycles. The van der Waals surface area contributed by atoms with Gasteiger partial charge in [0.25, 0.3) is 5.91 Å². The fourth-order valence-corrected chi connectivity index (χ4v) is 6.53. The highest BCUT2D eigenvalue weighted by Gasteiger charge is 2.64. The number of hydrogen-bond acceptors (Lipinski definition) is 7. The van der Waals surface area contributed by atoms with E-state index in [1.54, 1.807) is 20.8 Å². The van der Waals surface area contributed by atoms with Crippen LogP contribution >= 0.6 is 0 Å². The lowest BCUT2D eigenvalue weighted by molar-refractivity contribution is -0.146. The number of Topliss-reactive ketones (excluding diaryl/α,β-unsaturated/α-hetero) is 2. The minimum atomic E-state index is -1.64. The fourth-order valence-electron chi connectivity index (χ4n) is 6.53. The minimum Gasteiger partial charge on any atom is -0.508 e. The van der Waals surface area contributed by atoms with Gasteiger partial charge in [-0.3, -0.25) is 24.1 Å². The van der Waals surface area contributed by atoms with E-state index in [2.05, 4.69) is 13.5 Å². The Morgan fingerprint density at radius 1 is 1.15 bits per heavy atom. The molecule has 4 atom stereocenters. The van der Waals surface area contributed by atoms with E-state index in [1.807, 2.05) is 6.92 Å². The van der Waals surface area contributed by atoms with E-state index < -0.39 is 40.6 Å². The van der Waals surface area contributed by atoms with Gasteiger partial charge in [0.05, 0.1) is 19.6 Å². The van der Waals surface area contributed by atoms with E-state index in [4.69, 9.17) is 9.47 Å². The van der Waals surface area contributed by atoms with Crippen molar-refractivity contribution in [3.63, 3.8) is 0 Å². The molecule has 0 spiro atoms. The maximum absolute atomic E-state index is 13.4. The summed E-state index contributed by atoms with van der Waals surface area (Å²) in [4.78, 5) is 53.7. The molecule has 8 heteroatoms. The Hall–Kier alpha value is -2.48. The van der Waals surface area contributed by atoms with Crippen molar-refractivity contribution in [3.05, 3.63) is 23.5 Å². The van der Waals surface area contributed by atoms with E-state index >= 15 is 0 Å². The van der Waals surface area contributed by atoms with Gasteiger partial charge in [-0.2, -0.15) is 0 Å². The minimum absolute atomic E-state index is 0.00320. The lowest BCUT2D eigenvalue weighted by Gasteiger charge is -2.31. The number of carbonyl (C=O) groups is 4. The summed E-state index contributed by atoms with van der Waals surface area (Å²) in [6, 6.07) is 0. The first kappa shape index (κ1) is 31.1. The normalized spacial score (nSPS) is 27.2. The molecular weight excluding hydrogens is 498 g/mol. The smallest absolute Gasteiger partial charge is 0.306 e. The van der Waals surface area contributed by atoms with Gasteiger partial charge >= 0.3 is 5.97 Å². The molecule has 0 radical (unpaired) electrons. The Balaban J connectivity index is 1.59. The number of allylic oxidation sites excluding steroid dienone is 1. The van der Waals surface area contributed by atoms with Crippen LogP contribution in [-0.2, 0) is 28.7 Å². The molecule has 218 valence electrons. The molecule has 0 aromatic rings.